The number of rotatable bonds is 12. The summed E-state index contributed by atoms with van der Waals surface area (Å²) in [6, 6.07) is 8.98. The molecular formula is C33H62Fe2N6O5+8. The van der Waals surface area contributed by atoms with Crippen LogP contribution in [0.4, 0.5) is 0 Å². The maximum absolute atomic E-state index is 12.0. The fraction of sp³-hybridized carbons (Fsp3) is 0.788. The van der Waals surface area contributed by atoms with Crippen molar-refractivity contribution in [2.75, 3.05) is 105 Å². The Morgan fingerprint density at radius 1 is 0.522 bits per heavy atom. The van der Waals surface area contributed by atoms with Crippen LogP contribution in [0.1, 0.15) is 38.8 Å². The third kappa shape index (κ3) is 19.7. The van der Waals surface area contributed by atoms with Crippen molar-refractivity contribution in [3.05, 3.63) is 42.3 Å². The molecule has 2 heterocycles. The largest absolute Gasteiger partial charge is 6.00 e. The van der Waals surface area contributed by atoms with E-state index in [9.17, 15) is 15.3 Å². The van der Waals surface area contributed by atoms with Gasteiger partial charge in [0.2, 0.25) is 0 Å². The summed E-state index contributed by atoms with van der Waals surface area (Å²) in [6.07, 6.45) is -1.80. The summed E-state index contributed by atoms with van der Waals surface area (Å²) < 4.78 is 0. The van der Waals surface area contributed by atoms with E-state index in [0.717, 1.165) is 98.2 Å². The second-order valence-electron chi connectivity index (χ2n) is 13.1. The van der Waals surface area contributed by atoms with Crippen LogP contribution in [0.2, 0.25) is 0 Å². The molecule has 2 aliphatic heterocycles. The van der Waals surface area contributed by atoms with Crippen molar-refractivity contribution < 1.29 is 60.4 Å². The molecule has 0 unspecified atom stereocenters. The second-order valence-corrected chi connectivity index (χ2v) is 13.1. The zero-order valence-corrected chi connectivity index (χ0v) is 30.9. The van der Waals surface area contributed by atoms with Crippen LogP contribution in [0, 0.1) is 12.8 Å². The minimum absolute atomic E-state index is 0. The molecule has 0 aliphatic carbocycles. The molecule has 0 radical (unpaired) electrons. The van der Waals surface area contributed by atoms with Gasteiger partial charge in [-0.25, -0.2) is 0 Å². The SMILES string of the molecule is O.O.[CH2-][C@@H](C)CN1CCN(Cc2cccc(CN3CCN(C[C@H](C)[O-])CCN(C[C@H](C)[O-])CC3)c2)CCN(C[C@H](C)[O-])CC1.[Fe+6].[Fe+6]. The van der Waals surface area contributed by atoms with Crippen molar-refractivity contribution in [2.24, 2.45) is 5.92 Å². The van der Waals surface area contributed by atoms with Crippen molar-refractivity contribution in [2.45, 2.75) is 59.1 Å². The normalized spacial score (nSPS) is 21.6. The smallest absolute Gasteiger partial charge is 0.851 e. The number of nitrogens with zero attached hydrogens (tertiary/aromatic N) is 6. The Bertz CT molecular complexity index is 779. The molecule has 1 aromatic carbocycles. The van der Waals surface area contributed by atoms with E-state index in [1.165, 1.54) is 11.1 Å². The van der Waals surface area contributed by atoms with Crippen LogP contribution < -0.4 is 15.3 Å². The van der Waals surface area contributed by atoms with Gasteiger partial charge in [0.05, 0.1) is 0 Å². The fourth-order valence-corrected chi connectivity index (χ4v) is 6.29. The van der Waals surface area contributed by atoms with Crippen molar-refractivity contribution in [1.29, 1.82) is 0 Å². The van der Waals surface area contributed by atoms with Crippen molar-refractivity contribution >= 4 is 0 Å². The molecule has 2 fully saturated rings. The number of hydrogen-bond acceptors (Lipinski definition) is 9. The Balaban J connectivity index is 0. The van der Waals surface area contributed by atoms with Crippen LogP contribution in [0.5, 0.6) is 0 Å². The zero-order valence-electron chi connectivity index (χ0n) is 28.7. The van der Waals surface area contributed by atoms with Crippen LogP contribution in [-0.4, -0.2) is 163 Å². The Labute approximate surface area is 300 Å². The standard InChI is InChI=1S/C33H58N6O3.2Fe.2H2O/c1-28(2)22-34-9-11-35(23-29(3)40)14-18-38(17-10-34)26-32-7-6-8-33(21-32)27-39-19-15-36(24-30(4)41)12-13-37(16-20-39)25-31(5)42;;;;/h6-8,21,28-31H,1,9-20,22-27H2,2-5H3;;;2*1H2/q-4;2*+6;;/t28-,29-,30-,31-;;;;/m0..../s1. The molecule has 4 atom stereocenters. The van der Waals surface area contributed by atoms with Gasteiger partial charge in [-0.05, 0) is 37.3 Å². The van der Waals surface area contributed by atoms with Gasteiger partial charge in [-0.1, -0.05) is 52.0 Å². The van der Waals surface area contributed by atoms with E-state index in [1.807, 2.05) is 0 Å². The van der Waals surface area contributed by atoms with E-state index in [2.05, 4.69) is 67.5 Å². The Morgan fingerprint density at radius 2 is 0.783 bits per heavy atom. The Morgan fingerprint density at radius 3 is 1.04 bits per heavy atom. The molecule has 46 heavy (non-hydrogen) atoms. The first kappa shape index (κ1) is 47.9. The summed E-state index contributed by atoms with van der Waals surface area (Å²) in [7, 11) is 0. The van der Waals surface area contributed by atoms with Gasteiger partial charge >= 0.3 is 34.1 Å². The predicted octanol–water partition coefficient (Wildman–Crippen LogP) is -2.41. The van der Waals surface area contributed by atoms with Gasteiger partial charge in [0, 0.05) is 91.6 Å². The monoisotopic (exact) mass is 734 g/mol. The van der Waals surface area contributed by atoms with Gasteiger partial charge in [0.25, 0.3) is 0 Å². The molecule has 1 aromatic rings. The van der Waals surface area contributed by atoms with E-state index in [-0.39, 0.29) is 45.1 Å². The van der Waals surface area contributed by atoms with Crippen molar-refractivity contribution in [3.8, 4) is 0 Å². The summed E-state index contributed by atoms with van der Waals surface area (Å²) in [5.41, 5.74) is 2.62. The predicted molar refractivity (Wildman–Crippen MR) is 173 cm³/mol. The van der Waals surface area contributed by atoms with Crippen molar-refractivity contribution in [1.82, 2.24) is 29.4 Å². The molecular weight excluding hydrogens is 672 g/mol. The molecule has 0 bridgehead atoms. The molecule has 0 aromatic heterocycles. The Kier molecular flexibility index (Phi) is 26.8. The maximum atomic E-state index is 12.0. The van der Waals surface area contributed by atoms with Crippen LogP contribution in [0.25, 0.3) is 0 Å². The summed E-state index contributed by atoms with van der Waals surface area (Å²) in [4.78, 5) is 14.4. The van der Waals surface area contributed by atoms with E-state index in [4.69, 9.17) is 0 Å². The van der Waals surface area contributed by atoms with E-state index >= 15 is 0 Å². The molecule has 0 amide bonds. The molecule has 0 saturated carbocycles. The minimum Gasteiger partial charge on any atom is -0.851 e. The number of hydrogen-bond donors (Lipinski definition) is 0. The number of benzene rings is 1. The summed E-state index contributed by atoms with van der Waals surface area (Å²) in [5, 5.41) is 35.9. The molecule has 11 nitrogen and oxygen atoms in total. The van der Waals surface area contributed by atoms with Crippen LogP contribution >= 0.6 is 0 Å². The van der Waals surface area contributed by atoms with Gasteiger partial charge in [0.15, 0.2) is 0 Å². The van der Waals surface area contributed by atoms with Crippen LogP contribution in [-0.2, 0) is 47.2 Å². The average molecular weight is 735 g/mol. The minimum atomic E-state index is -0.611. The first-order chi connectivity index (χ1) is 20.0. The van der Waals surface area contributed by atoms with E-state index in [1.54, 1.807) is 20.8 Å². The topological polar surface area (TPSA) is 152 Å². The third-order valence-corrected chi connectivity index (χ3v) is 8.31. The first-order valence-corrected chi connectivity index (χ1v) is 16.3. The van der Waals surface area contributed by atoms with Crippen LogP contribution in [0.3, 0.4) is 0 Å². The van der Waals surface area contributed by atoms with E-state index < -0.39 is 18.3 Å². The molecule has 13 heteroatoms. The van der Waals surface area contributed by atoms with Gasteiger partial charge < -0.3 is 52.8 Å². The summed E-state index contributed by atoms with van der Waals surface area (Å²) in [6.45, 7) is 27.2. The van der Waals surface area contributed by atoms with Gasteiger partial charge in [0.1, 0.15) is 0 Å². The second kappa shape index (κ2) is 25.7. The fourth-order valence-electron chi connectivity index (χ4n) is 6.29. The van der Waals surface area contributed by atoms with Gasteiger partial charge in [-0.15, -0.1) is 18.3 Å². The third-order valence-electron chi connectivity index (χ3n) is 8.31. The molecule has 3 rings (SSSR count). The molecule has 262 valence electrons. The molecule has 4 N–H and O–H groups in total. The summed E-state index contributed by atoms with van der Waals surface area (Å²) in [5.74, 6) is 0.377. The van der Waals surface area contributed by atoms with Crippen LogP contribution in [0.15, 0.2) is 24.3 Å². The van der Waals surface area contributed by atoms with Gasteiger partial charge in [-0.2, -0.15) is 5.92 Å². The Hall–Kier alpha value is -0.181. The quantitative estimate of drug-likeness (QED) is 0.169. The maximum Gasteiger partial charge on any atom is 6.00 e. The molecule has 0 spiro atoms. The summed E-state index contributed by atoms with van der Waals surface area (Å²) >= 11 is 0. The first-order valence-electron chi connectivity index (χ1n) is 16.3. The van der Waals surface area contributed by atoms with E-state index in [0.29, 0.717) is 25.6 Å². The molecule has 2 saturated heterocycles. The van der Waals surface area contributed by atoms with Gasteiger partial charge in [-0.3, -0.25) is 9.80 Å². The van der Waals surface area contributed by atoms with Crippen molar-refractivity contribution in [3.63, 3.8) is 0 Å². The average Bonchev–Trinajstić information content (AvgIpc) is 3.04. The molecule has 2 aliphatic rings. The zero-order chi connectivity index (χ0) is 30.5.